The van der Waals surface area contributed by atoms with Crippen LogP contribution in [-0.4, -0.2) is 30.7 Å². The van der Waals surface area contributed by atoms with Crippen molar-refractivity contribution in [3.63, 3.8) is 0 Å². The summed E-state index contributed by atoms with van der Waals surface area (Å²) >= 11 is 1.57. The maximum atomic E-state index is 12.4. The summed E-state index contributed by atoms with van der Waals surface area (Å²) in [5, 5.41) is 7.15. The third kappa shape index (κ3) is 3.30. The zero-order valence-electron chi connectivity index (χ0n) is 12.8. The first-order valence-corrected chi connectivity index (χ1v) is 8.34. The van der Waals surface area contributed by atoms with Crippen molar-refractivity contribution in [2.24, 2.45) is 0 Å². The van der Waals surface area contributed by atoms with Crippen molar-refractivity contribution in [1.82, 2.24) is 9.88 Å². The Hall–Kier alpha value is -2.12. The van der Waals surface area contributed by atoms with Gasteiger partial charge in [-0.05, 0) is 22.4 Å². The lowest BCUT2D eigenvalue weighted by atomic mass is 10.1. The molecule has 3 heterocycles. The number of nitrogens with one attached hydrogen (secondary N) is 1. The number of methoxy groups -OCH3 is 1. The molecule has 1 N–H and O–H groups in total. The number of pyridine rings is 1. The summed E-state index contributed by atoms with van der Waals surface area (Å²) in [6, 6.07) is 3.33. The molecular formula is C16H18N2O4S. The van der Waals surface area contributed by atoms with Gasteiger partial charge in [-0.3, -0.25) is 4.79 Å². The van der Waals surface area contributed by atoms with Crippen molar-refractivity contribution in [2.75, 3.05) is 20.2 Å². The summed E-state index contributed by atoms with van der Waals surface area (Å²) in [6.45, 7) is 2.25. The SMILES string of the molecule is COC(=O)c1c(OCc2ccsc2)cc(=O)n2c1CCNCC2. The van der Waals surface area contributed by atoms with Crippen LogP contribution in [0.3, 0.4) is 0 Å². The molecule has 0 saturated heterocycles. The Labute approximate surface area is 137 Å². The highest BCUT2D eigenvalue weighted by atomic mass is 32.1. The molecule has 0 fully saturated rings. The molecule has 3 rings (SSSR count). The summed E-state index contributed by atoms with van der Waals surface area (Å²) in [7, 11) is 1.34. The van der Waals surface area contributed by atoms with Gasteiger partial charge in [-0.15, -0.1) is 0 Å². The van der Waals surface area contributed by atoms with Gasteiger partial charge in [0.1, 0.15) is 17.9 Å². The molecule has 1 aliphatic rings. The van der Waals surface area contributed by atoms with E-state index in [-0.39, 0.29) is 5.56 Å². The van der Waals surface area contributed by atoms with Gasteiger partial charge in [0.05, 0.1) is 7.11 Å². The molecule has 0 amide bonds. The van der Waals surface area contributed by atoms with Crippen LogP contribution in [0.1, 0.15) is 21.6 Å². The summed E-state index contributed by atoms with van der Waals surface area (Å²) in [5.41, 5.74) is 1.87. The normalized spacial score (nSPS) is 14.0. The number of ether oxygens (including phenoxy) is 2. The zero-order valence-corrected chi connectivity index (χ0v) is 13.6. The molecule has 122 valence electrons. The van der Waals surface area contributed by atoms with Gasteiger partial charge in [0, 0.05) is 37.8 Å². The van der Waals surface area contributed by atoms with E-state index in [2.05, 4.69) is 5.32 Å². The van der Waals surface area contributed by atoms with Crippen molar-refractivity contribution < 1.29 is 14.3 Å². The van der Waals surface area contributed by atoms with E-state index in [0.29, 0.717) is 49.7 Å². The Morgan fingerprint density at radius 2 is 2.30 bits per heavy atom. The van der Waals surface area contributed by atoms with Gasteiger partial charge >= 0.3 is 5.97 Å². The van der Waals surface area contributed by atoms with Crippen LogP contribution in [0.4, 0.5) is 0 Å². The maximum Gasteiger partial charge on any atom is 0.343 e. The molecule has 2 aromatic heterocycles. The number of carbonyl (C=O) groups excluding carboxylic acids is 1. The molecule has 23 heavy (non-hydrogen) atoms. The zero-order chi connectivity index (χ0) is 16.2. The quantitative estimate of drug-likeness (QED) is 0.857. The topological polar surface area (TPSA) is 69.6 Å². The fraction of sp³-hybridized carbons (Fsp3) is 0.375. The Bertz CT molecular complexity index is 752. The van der Waals surface area contributed by atoms with E-state index >= 15 is 0 Å². The predicted molar refractivity (Wildman–Crippen MR) is 87.3 cm³/mol. The number of esters is 1. The molecule has 0 atom stereocenters. The molecule has 2 aromatic rings. The van der Waals surface area contributed by atoms with Gasteiger partial charge < -0.3 is 19.4 Å². The summed E-state index contributed by atoms with van der Waals surface area (Å²) in [4.78, 5) is 24.6. The van der Waals surface area contributed by atoms with Crippen molar-refractivity contribution in [3.8, 4) is 5.75 Å². The third-order valence-electron chi connectivity index (χ3n) is 3.80. The van der Waals surface area contributed by atoms with Crippen LogP contribution >= 0.6 is 11.3 Å². The van der Waals surface area contributed by atoms with E-state index in [1.165, 1.54) is 13.2 Å². The highest BCUT2D eigenvalue weighted by molar-refractivity contribution is 7.07. The van der Waals surface area contributed by atoms with Crippen LogP contribution in [0.25, 0.3) is 0 Å². The standard InChI is InChI=1S/C16H18N2O4S/c1-21-16(20)15-12-2-4-17-5-6-18(12)14(19)8-13(15)22-9-11-3-7-23-10-11/h3,7-8,10,17H,2,4-6,9H2,1H3. The molecule has 0 spiro atoms. The van der Waals surface area contributed by atoms with Crippen molar-refractivity contribution in [1.29, 1.82) is 0 Å². The van der Waals surface area contributed by atoms with E-state index in [4.69, 9.17) is 9.47 Å². The van der Waals surface area contributed by atoms with E-state index in [9.17, 15) is 9.59 Å². The molecular weight excluding hydrogens is 316 g/mol. The Morgan fingerprint density at radius 1 is 1.43 bits per heavy atom. The molecule has 7 heteroatoms. The fourth-order valence-electron chi connectivity index (χ4n) is 2.67. The maximum absolute atomic E-state index is 12.4. The lowest BCUT2D eigenvalue weighted by Gasteiger charge is -2.17. The van der Waals surface area contributed by atoms with E-state index in [1.54, 1.807) is 15.9 Å². The number of aromatic nitrogens is 1. The molecule has 0 unspecified atom stereocenters. The summed E-state index contributed by atoms with van der Waals surface area (Å²) in [6.07, 6.45) is 0.579. The molecule has 6 nitrogen and oxygen atoms in total. The van der Waals surface area contributed by atoms with E-state index in [1.807, 2.05) is 16.8 Å². The van der Waals surface area contributed by atoms with Gasteiger partial charge in [-0.1, -0.05) is 0 Å². The second-order valence-corrected chi connectivity index (χ2v) is 6.01. The number of hydrogen-bond acceptors (Lipinski definition) is 6. The monoisotopic (exact) mass is 334 g/mol. The number of thiophene rings is 1. The number of hydrogen-bond donors (Lipinski definition) is 1. The third-order valence-corrected chi connectivity index (χ3v) is 4.53. The number of fused-ring (bicyclic) bond motifs is 1. The molecule has 0 radical (unpaired) electrons. The van der Waals surface area contributed by atoms with Crippen LogP contribution in [0, 0.1) is 0 Å². The second-order valence-electron chi connectivity index (χ2n) is 5.23. The minimum atomic E-state index is -0.476. The van der Waals surface area contributed by atoms with E-state index < -0.39 is 5.97 Å². The average molecular weight is 334 g/mol. The predicted octanol–water partition coefficient (Wildman–Crippen LogP) is 1.42. The minimum Gasteiger partial charge on any atom is -0.488 e. The van der Waals surface area contributed by atoms with Gasteiger partial charge in [0.15, 0.2) is 0 Å². The highest BCUT2D eigenvalue weighted by Crippen LogP contribution is 2.24. The van der Waals surface area contributed by atoms with Crippen LogP contribution in [0.2, 0.25) is 0 Å². The van der Waals surface area contributed by atoms with Crippen LogP contribution < -0.4 is 15.6 Å². The van der Waals surface area contributed by atoms with Gasteiger partial charge in [0.2, 0.25) is 0 Å². The van der Waals surface area contributed by atoms with Crippen molar-refractivity contribution in [2.45, 2.75) is 19.6 Å². The lowest BCUT2D eigenvalue weighted by Crippen LogP contribution is -2.27. The molecule has 0 bridgehead atoms. The minimum absolute atomic E-state index is 0.156. The van der Waals surface area contributed by atoms with Gasteiger partial charge in [-0.2, -0.15) is 11.3 Å². The van der Waals surface area contributed by atoms with Crippen molar-refractivity contribution >= 4 is 17.3 Å². The largest absolute Gasteiger partial charge is 0.488 e. The first-order chi connectivity index (χ1) is 11.2. The van der Waals surface area contributed by atoms with Gasteiger partial charge in [0.25, 0.3) is 5.56 Å². The fourth-order valence-corrected chi connectivity index (χ4v) is 3.32. The lowest BCUT2D eigenvalue weighted by molar-refractivity contribution is 0.0592. The average Bonchev–Trinajstić information content (AvgIpc) is 2.95. The summed E-state index contributed by atoms with van der Waals surface area (Å²) in [5.74, 6) is -0.183. The Kier molecular flexibility index (Phi) is 4.78. The highest BCUT2D eigenvalue weighted by Gasteiger charge is 2.24. The Morgan fingerprint density at radius 3 is 3.04 bits per heavy atom. The molecule has 1 aliphatic heterocycles. The first-order valence-electron chi connectivity index (χ1n) is 7.40. The number of carbonyl (C=O) groups is 1. The van der Waals surface area contributed by atoms with Crippen molar-refractivity contribution in [3.05, 3.63) is 50.1 Å². The van der Waals surface area contributed by atoms with Gasteiger partial charge in [-0.25, -0.2) is 4.79 Å². The smallest absolute Gasteiger partial charge is 0.343 e. The van der Waals surface area contributed by atoms with Crippen LogP contribution in [-0.2, 0) is 24.3 Å². The molecule has 0 saturated carbocycles. The number of rotatable bonds is 4. The molecule has 0 aliphatic carbocycles. The Balaban J connectivity index is 2.03. The van der Waals surface area contributed by atoms with Crippen LogP contribution in [0.15, 0.2) is 27.7 Å². The summed E-state index contributed by atoms with van der Waals surface area (Å²) < 4.78 is 12.3. The first kappa shape index (κ1) is 15.8. The number of nitrogens with zero attached hydrogens (tertiary/aromatic N) is 1. The van der Waals surface area contributed by atoms with Crippen LogP contribution in [0.5, 0.6) is 5.75 Å². The molecule has 0 aromatic carbocycles. The second kappa shape index (κ2) is 6.97. The van der Waals surface area contributed by atoms with E-state index in [0.717, 1.165) is 5.56 Å².